The number of nitrogens with zero attached hydrogens (tertiary/aromatic N) is 2. The molecule has 2 amide bonds. The van der Waals surface area contributed by atoms with Crippen molar-refractivity contribution >= 4 is 56.6 Å². The van der Waals surface area contributed by atoms with Crippen LogP contribution in [-0.4, -0.2) is 58.5 Å². The predicted octanol–water partition coefficient (Wildman–Crippen LogP) is 4.82. The molecular weight excluding hydrogens is 637 g/mol. The Morgan fingerprint density at radius 1 is 1.07 bits per heavy atom. The molecular formula is C30H32IN5O3S. The minimum absolute atomic E-state index is 0.0946. The van der Waals surface area contributed by atoms with Crippen LogP contribution < -0.4 is 10.6 Å². The van der Waals surface area contributed by atoms with Crippen molar-refractivity contribution in [2.24, 2.45) is 0 Å². The number of amides is 2. The highest BCUT2D eigenvalue weighted by molar-refractivity contribution is 14.1. The number of H-pyrrole nitrogens is 1. The summed E-state index contributed by atoms with van der Waals surface area (Å²) >= 11 is 3.80. The SMILES string of the molecule is CN1CCc2nc(C(=O)N[C@@H]3CC(OCc4ccccc4)C[C@H]3NC(=O)c3cc4cc(CI)ccc4[nH]3)sc2C1. The quantitative estimate of drug-likeness (QED) is 0.185. The maximum absolute atomic E-state index is 13.4. The smallest absolute Gasteiger partial charge is 0.280 e. The second-order valence-electron chi connectivity index (χ2n) is 10.7. The zero-order chi connectivity index (χ0) is 27.6. The summed E-state index contributed by atoms with van der Waals surface area (Å²) in [5, 5.41) is 7.87. The number of carbonyl (C=O) groups is 2. The van der Waals surface area contributed by atoms with Crippen LogP contribution in [0.2, 0.25) is 0 Å². The topological polar surface area (TPSA) is 99.3 Å². The van der Waals surface area contributed by atoms with Gasteiger partial charge in [0.25, 0.3) is 11.8 Å². The van der Waals surface area contributed by atoms with Crippen LogP contribution in [0.5, 0.6) is 0 Å². The molecule has 0 radical (unpaired) electrons. The summed E-state index contributed by atoms with van der Waals surface area (Å²) in [5.74, 6) is -0.375. The van der Waals surface area contributed by atoms with Gasteiger partial charge in [-0.25, -0.2) is 4.98 Å². The number of carbonyl (C=O) groups excluding carboxylic acids is 2. The van der Waals surface area contributed by atoms with Crippen molar-refractivity contribution in [2.45, 2.75) is 55.0 Å². The number of thiazole rings is 1. The van der Waals surface area contributed by atoms with Gasteiger partial charge in [0.15, 0.2) is 5.01 Å². The number of rotatable bonds is 8. The van der Waals surface area contributed by atoms with Crippen LogP contribution in [0.25, 0.3) is 10.9 Å². The number of hydrogen-bond acceptors (Lipinski definition) is 6. The van der Waals surface area contributed by atoms with Gasteiger partial charge in [-0.05, 0) is 49.2 Å². The van der Waals surface area contributed by atoms with Crippen LogP contribution in [0.3, 0.4) is 0 Å². The van der Waals surface area contributed by atoms with E-state index in [0.29, 0.717) is 30.2 Å². The van der Waals surface area contributed by atoms with Gasteiger partial charge >= 0.3 is 0 Å². The molecule has 8 nitrogen and oxygen atoms in total. The lowest BCUT2D eigenvalue weighted by Crippen LogP contribution is -2.48. The summed E-state index contributed by atoms with van der Waals surface area (Å²) in [7, 11) is 2.08. The van der Waals surface area contributed by atoms with Gasteiger partial charge in [0.1, 0.15) is 5.69 Å². The van der Waals surface area contributed by atoms with E-state index in [1.54, 1.807) is 0 Å². The van der Waals surface area contributed by atoms with Gasteiger partial charge in [0.05, 0.1) is 30.5 Å². The first-order valence-corrected chi connectivity index (χ1v) is 15.9. The van der Waals surface area contributed by atoms with E-state index in [-0.39, 0.29) is 30.0 Å². The second-order valence-corrected chi connectivity index (χ2v) is 12.5. The fourth-order valence-electron chi connectivity index (χ4n) is 5.52. The molecule has 0 saturated heterocycles. The summed E-state index contributed by atoms with van der Waals surface area (Å²) in [6, 6.07) is 17.6. The summed E-state index contributed by atoms with van der Waals surface area (Å²) in [6.45, 7) is 2.25. The van der Waals surface area contributed by atoms with Crippen LogP contribution in [-0.2, 0) is 28.7 Å². The van der Waals surface area contributed by atoms with Gasteiger partial charge in [-0.1, -0.05) is 59.0 Å². The average Bonchev–Trinajstić information content (AvgIpc) is 3.68. The Balaban J connectivity index is 1.17. The number of ether oxygens (including phenoxy) is 1. The maximum atomic E-state index is 13.4. The van der Waals surface area contributed by atoms with E-state index in [1.807, 2.05) is 42.5 Å². The zero-order valence-electron chi connectivity index (χ0n) is 22.3. The molecule has 1 aliphatic carbocycles. The number of benzene rings is 2. The van der Waals surface area contributed by atoms with Crippen molar-refractivity contribution in [3.05, 3.63) is 87.0 Å². The number of likely N-dealkylation sites (N-methyl/N-ethyl adjacent to an activating group) is 1. The molecule has 40 heavy (non-hydrogen) atoms. The number of aromatic amines is 1. The highest BCUT2D eigenvalue weighted by atomic mass is 127. The molecule has 0 spiro atoms. The van der Waals surface area contributed by atoms with Gasteiger partial charge in [0, 0.05) is 39.7 Å². The Morgan fingerprint density at radius 2 is 1.85 bits per heavy atom. The summed E-state index contributed by atoms with van der Waals surface area (Å²) in [5.41, 5.74) is 4.77. The number of alkyl halides is 1. The van der Waals surface area contributed by atoms with E-state index < -0.39 is 0 Å². The molecule has 1 saturated carbocycles. The third-order valence-corrected chi connectivity index (χ3v) is 9.64. The molecule has 3 N–H and O–H groups in total. The molecule has 2 aliphatic rings. The largest absolute Gasteiger partial charge is 0.373 e. The van der Waals surface area contributed by atoms with Crippen LogP contribution >= 0.6 is 33.9 Å². The van der Waals surface area contributed by atoms with Crippen LogP contribution in [0, 0.1) is 0 Å². The Morgan fingerprint density at radius 3 is 2.62 bits per heavy atom. The molecule has 10 heteroatoms. The average molecular weight is 670 g/mol. The van der Waals surface area contributed by atoms with Crippen molar-refractivity contribution in [1.29, 1.82) is 0 Å². The number of halogens is 1. The van der Waals surface area contributed by atoms with Crippen molar-refractivity contribution in [2.75, 3.05) is 13.6 Å². The minimum atomic E-state index is -0.269. The van der Waals surface area contributed by atoms with Gasteiger partial charge in [-0.2, -0.15) is 0 Å². The minimum Gasteiger partial charge on any atom is -0.373 e. The molecule has 3 heterocycles. The fraction of sp³-hybridized carbons (Fsp3) is 0.367. The van der Waals surface area contributed by atoms with Crippen LogP contribution in [0.1, 0.15) is 54.8 Å². The summed E-state index contributed by atoms with van der Waals surface area (Å²) in [4.78, 5) is 38.0. The van der Waals surface area contributed by atoms with Gasteiger partial charge < -0.3 is 25.3 Å². The first-order valence-electron chi connectivity index (χ1n) is 13.6. The number of hydrogen-bond donors (Lipinski definition) is 3. The Hall–Kier alpha value is -2.80. The molecule has 2 aromatic heterocycles. The van der Waals surface area contributed by atoms with E-state index in [9.17, 15) is 9.59 Å². The maximum Gasteiger partial charge on any atom is 0.280 e. The number of nitrogens with one attached hydrogen (secondary N) is 3. The molecule has 3 atom stereocenters. The standard InChI is InChI=1S/C30H32IN5O3S/c1-36-10-9-23-27(16-36)40-30(35-23)29(38)34-25-14-21(39-17-18-5-3-2-4-6-18)13-24(25)33-28(37)26-12-20-11-19(15-31)7-8-22(20)32-26/h2-8,11-12,21,24-25,32H,9-10,13-17H2,1H3,(H,33,37)(H,34,38)/t21?,24-,25-/m1/s1. The molecule has 6 rings (SSSR count). The van der Waals surface area contributed by atoms with E-state index in [2.05, 4.69) is 67.3 Å². The van der Waals surface area contributed by atoms with Gasteiger partial charge in [-0.3, -0.25) is 9.59 Å². The molecule has 4 aromatic rings. The highest BCUT2D eigenvalue weighted by Gasteiger charge is 2.38. The van der Waals surface area contributed by atoms with E-state index >= 15 is 0 Å². The van der Waals surface area contributed by atoms with Crippen LogP contribution in [0.15, 0.2) is 54.6 Å². The lowest BCUT2D eigenvalue weighted by molar-refractivity contribution is 0.0428. The van der Waals surface area contributed by atoms with Crippen molar-refractivity contribution in [3.63, 3.8) is 0 Å². The molecule has 0 bridgehead atoms. The first kappa shape index (κ1) is 27.4. The monoisotopic (exact) mass is 669 g/mol. The molecule has 1 unspecified atom stereocenters. The normalized spacial score (nSPS) is 20.9. The van der Waals surface area contributed by atoms with Crippen molar-refractivity contribution in [1.82, 2.24) is 25.5 Å². The molecule has 2 aromatic carbocycles. The summed E-state index contributed by atoms with van der Waals surface area (Å²) < 4.78 is 7.16. The predicted molar refractivity (Wildman–Crippen MR) is 165 cm³/mol. The molecule has 1 aliphatic heterocycles. The van der Waals surface area contributed by atoms with Crippen molar-refractivity contribution in [3.8, 4) is 0 Å². The zero-order valence-corrected chi connectivity index (χ0v) is 25.3. The Labute approximate surface area is 251 Å². The molecule has 1 fully saturated rings. The van der Waals surface area contributed by atoms with Gasteiger partial charge in [-0.15, -0.1) is 11.3 Å². The van der Waals surface area contributed by atoms with Crippen LogP contribution in [0.4, 0.5) is 0 Å². The molecule has 208 valence electrons. The Kier molecular flexibility index (Phi) is 8.20. The Bertz CT molecular complexity index is 1520. The number of fused-ring (bicyclic) bond motifs is 2. The van der Waals surface area contributed by atoms with E-state index in [4.69, 9.17) is 4.74 Å². The lowest BCUT2D eigenvalue weighted by atomic mass is 10.1. The van der Waals surface area contributed by atoms with E-state index in [1.165, 1.54) is 16.9 Å². The second kappa shape index (κ2) is 12.0. The van der Waals surface area contributed by atoms with E-state index in [0.717, 1.165) is 51.0 Å². The lowest BCUT2D eigenvalue weighted by Gasteiger charge is -2.21. The highest BCUT2D eigenvalue weighted by Crippen LogP contribution is 2.28. The summed E-state index contributed by atoms with van der Waals surface area (Å²) in [6.07, 6.45) is 1.99. The van der Waals surface area contributed by atoms with Gasteiger partial charge in [0.2, 0.25) is 0 Å². The fourth-order valence-corrected chi connectivity index (χ4v) is 7.08. The number of aromatic nitrogens is 2. The third-order valence-electron chi connectivity index (χ3n) is 7.68. The van der Waals surface area contributed by atoms with Crippen molar-refractivity contribution < 1.29 is 14.3 Å². The third kappa shape index (κ3) is 6.09. The first-order chi connectivity index (χ1) is 19.4.